The van der Waals surface area contributed by atoms with Crippen molar-refractivity contribution < 1.29 is 52.4 Å². The fraction of sp³-hybridized carbons (Fsp3) is 0.744. The Balaban J connectivity index is 3.88. The predicted molar refractivity (Wildman–Crippen MR) is 218 cm³/mol. The van der Waals surface area contributed by atoms with Crippen LogP contribution in [0.15, 0.2) is 30.3 Å². The predicted octanol–water partition coefficient (Wildman–Crippen LogP) is 5.75. The number of hydrogen-bond acceptors (Lipinski definition) is 14. The van der Waals surface area contributed by atoms with Crippen molar-refractivity contribution in [2.24, 2.45) is 0 Å². The molecule has 1 aromatic rings. The average molecular weight is 808 g/mol. The fourth-order valence-corrected chi connectivity index (χ4v) is 5.69. The van der Waals surface area contributed by atoms with E-state index in [4.69, 9.17) is 28.4 Å². The lowest BCUT2D eigenvalue weighted by molar-refractivity contribution is -0.164. The van der Waals surface area contributed by atoms with Crippen LogP contribution in [0.1, 0.15) is 122 Å². The van der Waals surface area contributed by atoms with Gasteiger partial charge in [0.15, 0.2) is 0 Å². The van der Waals surface area contributed by atoms with E-state index in [-0.39, 0.29) is 59.0 Å². The summed E-state index contributed by atoms with van der Waals surface area (Å²) >= 11 is 0. The SMILES string of the molecule is CCOC(c1ccccc1)C(CN(CCN(CC(=O)OC(C)(C)C)CC(=O)OC(C)(C)C)CC(=O)OC(C)(C)C)N(CC(=O)OC(C)(C)C)CC(=O)OC(C)(C)C. The van der Waals surface area contributed by atoms with Gasteiger partial charge in [-0.2, -0.15) is 0 Å². The first-order chi connectivity index (χ1) is 25.8. The second kappa shape index (κ2) is 22.0. The lowest BCUT2D eigenvalue weighted by atomic mass is 9.99. The summed E-state index contributed by atoms with van der Waals surface area (Å²) in [5, 5.41) is 0. The molecule has 0 aliphatic carbocycles. The molecule has 0 spiro atoms. The summed E-state index contributed by atoms with van der Waals surface area (Å²) in [5.41, 5.74) is -3.16. The molecule has 2 unspecified atom stereocenters. The lowest BCUT2D eigenvalue weighted by Gasteiger charge is -2.40. The number of carbonyl (C=O) groups excluding carboxylic acids is 5. The number of hydrogen-bond donors (Lipinski definition) is 0. The van der Waals surface area contributed by atoms with Crippen LogP contribution >= 0.6 is 0 Å². The normalized spacial score (nSPS) is 13.9. The Hall–Kier alpha value is -3.59. The molecule has 1 rings (SSSR count). The maximum atomic E-state index is 13.6. The molecule has 0 bridgehead atoms. The molecule has 326 valence electrons. The summed E-state index contributed by atoms with van der Waals surface area (Å²) < 4.78 is 34.8. The van der Waals surface area contributed by atoms with Crippen LogP contribution < -0.4 is 0 Å². The van der Waals surface area contributed by atoms with Crippen molar-refractivity contribution in [1.82, 2.24) is 14.7 Å². The van der Waals surface area contributed by atoms with Gasteiger partial charge < -0.3 is 28.4 Å². The minimum Gasteiger partial charge on any atom is -0.459 e. The van der Waals surface area contributed by atoms with E-state index in [2.05, 4.69) is 0 Å². The summed E-state index contributed by atoms with van der Waals surface area (Å²) in [4.78, 5) is 71.9. The van der Waals surface area contributed by atoms with Gasteiger partial charge in [-0.25, -0.2) is 0 Å². The molecule has 0 saturated heterocycles. The molecule has 0 heterocycles. The molecule has 0 aliphatic rings. The van der Waals surface area contributed by atoms with E-state index in [1.54, 1.807) is 114 Å². The quantitative estimate of drug-likeness (QED) is 0.116. The lowest BCUT2D eigenvalue weighted by Crippen LogP contribution is -2.54. The molecule has 0 aliphatic heterocycles. The molecule has 0 radical (unpaired) electrons. The third-order valence-corrected chi connectivity index (χ3v) is 7.29. The number of carbonyl (C=O) groups is 5. The maximum absolute atomic E-state index is 13.6. The van der Waals surface area contributed by atoms with Gasteiger partial charge in [-0.15, -0.1) is 0 Å². The Morgan fingerprint density at radius 3 is 1.14 bits per heavy atom. The smallest absolute Gasteiger partial charge is 0.320 e. The Labute approximate surface area is 342 Å². The Kier molecular flexibility index (Phi) is 19.8. The van der Waals surface area contributed by atoms with Crippen LogP contribution in [0.4, 0.5) is 0 Å². The van der Waals surface area contributed by atoms with Crippen molar-refractivity contribution in [3.63, 3.8) is 0 Å². The van der Waals surface area contributed by atoms with Crippen molar-refractivity contribution in [1.29, 1.82) is 0 Å². The zero-order valence-electron chi connectivity index (χ0n) is 37.7. The summed E-state index contributed by atoms with van der Waals surface area (Å²) in [7, 11) is 0. The molecular formula is C43H73N3O11. The van der Waals surface area contributed by atoms with Crippen LogP contribution in [0.2, 0.25) is 0 Å². The van der Waals surface area contributed by atoms with Crippen molar-refractivity contribution >= 4 is 29.8 Å². The minimum absolute atomic E-state index is 0.0666. The van der Waals surface area contributed by atoms with Crippen LogP contribution in [0.25, 0.3) is 0 Å². The Morgan fingerprint density at radius 1 is 0.491 bits per heavy atom. The first-order valence-electron chi connectivity index (χ1n) is 19.8. The fourth-order valence-electron chi connectivity index (χ4n) is 5.69. The van der Waals surface area contributed by atoms with Crippen molar-refractivity contribution in [2.45, 2.75) is 151 Å². The number of esters is 5. The van der Waals surface area contributed by atoms with Gasteiger partial charge in [0.05, 0.1) is 44.9 Å². The van der Waals surface area contributed by atoms with Crippen LogP contribution in [0.3, 0.4) is 0 Å². The monoisotopic (exact) mass is 808 g/mol. The van der Waals surface area contributed by atoms with Gasteiger partial charge in [0, 0.05) is 26.2 Å². The van der Waals surface area contributed by atoms with E-state index in [0.717, 1.165) is 5.56 Å². The van der Waals surface area contributed by atoms with Gasteiger partial charge in [0.2, 0.25) is 0 Å². The second-order valence-corrected chi connectivity index (χ2v) is 19.1. The highest BCUT2D eigenvalue weighted by atomic mass is 16.6. The highest BCUT2D eigenvalue weighted by Gasteiger charge is 2.37. The zero-order valence-corrected chi connectivity index (χ0v) is 37.7. The summed E-state index contributed by atoms with van der Waals surface area (Å²) in [6.45, 7) is 27.6. The molecule has 0 saturated carbocycles. The molecule has 14 heteroatoms. The molecule has 0 N–H and O–H groups in total. The third kappa shape index (κ3) is 24.7. The van der Waals surface area contributed by atoms with Crippen molar-refractivity contribution in [2.75, 3.05) is 59.0 Å². The van der Waals surface area contributed by atoms with E-state index in [1.807, 2.05) is 42.2 Å². The number of rotatable bonds is 20. The minimum atomic E-state index is -0.808. The standard InChI is InChI=1S/C43H73N3O11/c1-17-52-38(31-21-19-18-20-22-31)32(46(29-36(50)56-42(11,12)13)30-37(51)57-43(14,15)16)25-44(26-33(47)53-39(2,3)4)23-24-45(27-34(48)54-40(5,6)7)28-35(49)55-41(8,9)10/h18-22,32,38H,17,23-30H2,1-16H3. The van der Waals surface area contributed by atoms with E-state index < -0.39 is 70.0 Å². The Morgan fingerprint density at radius 2 is 0.807 bits per heavy atom. The first-order valence-corrected chi connectivity index (χ1v) is 19.8. The van der Waals surface area contributed by atoms with Crippen LogP contribution in [0.5, 0.6) is 0 Å². The van der Waals surface area contributed by atoms with Crippen molar-refractivity contribution in [3.8, 4) is 0 Å². The van der Waals surface area contributed by atoms with E-state index in [1.165, 1.54) is 0 Å². The van der Waals surface area contributed by atoms with E-state index in [0.29, 0.717) is 0 Å². The van der Waals surface area contributed by atoms with E-state index in [9.17, 15) is 24.0 Å². The average Bonchev–Trinajstić information content (AvgIpc) is 2.96. The van der Waals surface area contributed by atoms with E-state index >= 15 is 0 Å². The zero-order chi connectivity index (χ0) is 44.0. The summed E-state index contributed by atoms with van der Waals surface area (Å²) in [5.74, 6) is -2.74. The second-order valence-electron chi connectivity index (χ2n) is 19.1. The summed E-state index contributed by atoms with van der Waals surface area (Å²) in [6.07, 6.45) is -0.707. The molecular weight excluding hydrogens is 734 g/mol. The van der Waals surface area contributed by atoms with Gasteiger partial charge >= 0.3 is 29.8 Å². The topological polar surface area (TPSA) is 150 Å². The first kappa shape index (κ1) is 51.4. The largest absolute Gasteiger partial charge is 0.459 e. The number of benzene rings is 1. The third-order valence-electron chi connectivity index (χ3n) is 7.29. The van der Waals surface area contributed by atoms with Gasteiger partial charge in [-0.05, 0) is 116 Å². The van der Waals surface area contributed by atoms with Gasteiger partial charge in [-0.3, -0.25) is 38.7 Å². The highest BCUT2D eigenvalue weighted by molar-refractivity contribution is 5.76. The molecule has 1 aromatic carbocycles. The summed E-state index contributed by atoms with van der Waals surface area (Å²) in [6, 6.07) is 8.66. The molecule has 0 fully saturated rings. The molecule has 0 amide bonds. The maximum Gasteiger partial charge on any atom is 0.320 e. The number of ether oxygens (including phenoxy) is 6. The van der Waals surface area contributed by atoms with Crippen LogP contribution in [-0.2, 0) is 52.4 Å². The molecule has 2 atom stereocenters. The molecule has 57 heavy (non-hydrogen) atoms. The van der Waals surface area contributed by atoms with Crippen LogP contribution in [-0.4, -0.2) is 138 Å². The van der Waals surface area contributed by atoms with Crippen LogP contribution in [0, 0.1) is 0 Å². The van der Waals surface area contributed by atoms with Gasteiger partial charge in [0.1, 0.15) is 28.0 Å². The molecule has 14 nitrogen and oxygen atoms in total. The Bertz CT molecular complexity index is 1370. The highest BCUT2D eigenvalue weighted by Crippen LogP contribution is 2.27. The van der Waals surface area contributed by atoms with Crippen molar-refractivity contribution in [3.05, 3.63) is 35.9 Å². The number of nitrogens with zero attached hydrogens (tertiary/aromatic N) is 3. The molecule has 0 aromatic heterocycles. The van der Waals surface area contributed by atoms with Gasteiger partial charge in [0.25, 0.3) is 0 Å². The van der Waals surface area contributed by atoms with Gasteiger partial charge in [-0.1, -0.05) is 30.3 Å².